The molecule has 0 atom stereocenters. The zero-order chi connectivity index (χ0) is 7.40. The minimum atomic E-state index is 0.803. The molecule has 0 bridgehead atoms. The zero-order valence-corrected chi connectivity index (χ0v) is 5.96. The van der Waals surface area contributed by atoms with Gasteiger partial charge in [-0.15, -0.1) is 0 Å². The Kier molecular flexibility index (Phi) is 2.25. The largest absolute Gasteiger partial charge is 0.394 e. The summed E-state index contributed by atoms with van der Waals surface area (Å²) in [7, 11) is 1.85. The molecular weight excluding hydrogens is 126 g/mol. The van der Waals surface area contributed by atoms with Crippen molar-refractivity contribution in [1.29, 1.82) is 0 Å². The lowest BCUT2D eigenvalue weighted by atomic mass is 10.3. The third-order valence-corrected chi connectivity index (χ3v) is 1.30. The summed E-state index contributed by atoms with van der Waals surface area (Å²) < 4.78 is 0. The van der Waals surface area contributed by atoms with Gasteiger partial charge in [0, 0.05) is 13.1 Å². The Morgan fingerprint density at radius 3 is 2.70 bits per heavy atom. The fourth-order valence-corrected chi connectivity index (χ4v) is 0.798. The second-order valence-electron chi connectivity index (χ2n) is 2.06. The van der Waals surface area contributed by atoms with E-state index in [1.165, 1.54) is 0 Å². The van der Waals surface area contributed by atoms with E-state index in [0.29, 0.717) is 0 Å². The molecule has 3 heteroatoms. The zero-order valence-electron chi connectivity index (χ0n) is 5.96. The number of nitrogen functional groups attached to an aromatic ring is 1. The van der Waals surface area contributed by atoms with Gasteiger partial charge < -0.3 is 5.73 Å². The molecule has 0 amide bonds. The van der Waals surface area contributed by atoms with Gasteiger partial charge in [-0.3, -0.25) is 0 Å². The van der Waals surface area contributed by atoms with Crippen molar-refractivity contribution in [2.24, 2.45) is 0 Å². The molecule has 0 aliphatic heterocycles. The highest BCUT2D eigenvalue weighted by Gasteiger charge is 1.97. The molecule has 0 unspecified atom stereocenters. The number of anilines is 1. The van der Waals surface area contributed by atoms with Crippen LogP contribution in [0.5, 0.6) is 0 Å². The number of hydrogen-bond acceptors (Lipinski definition) is 2. The van der Waals surface area contributed by atoms with E-state index in [4.69, 9.17) is 5.73 Å². The van der Waals surface area contributed by atoms with Crippen molar-refractivity contribution < 1.29 is 5.43 Å². The van der Waals surface area contributed by atoms with E-state index >= 15 is 0 Å². The van der Waals surface area contributed by atoms with Crippen molar-refractivity contribution >= 4 is 11.4 Å². The fourth-order valence-electron chi connectivity index (χ4n) is 0.798. The molecule has 0 aromatic heterocycles. The first-order chi connectivity index (χ1) is 4.84. The maximum Gasteiger partial charge on any atom is 0.171 e. The topological polar surface area (TPSA) is 54.7 Å². The molecule has 0 spiro atoms. The molecule has 0 radical (unpaired) electrons. The highest BCUT2D eigenvalue weighted by molar-refractivity contribution is 5.56. The quantitative estimate of drug-likeness (QED) is 0.296. The third kappa shape index (κ3) is 1.46. The second kappa shape index (κ2) is 3.20. The van der Waals surface area contributed by atoms with Crippen molar-refractivity contribution in [3.63, 3.8) is 0 Å². The Morgan fingerprint density at radius 1 is 1.40 bits per heavy atom. The normalized spacial score (nSPS) is 9.70. The van der Waals surface area contributed by atoms with Crippen molar-refractivity contribution in [1.82, 2.24) is 5.43 Å². The predicted octanol–water partition coefficient (Wildman–Crippen LogP) is -0.402. The maximum absolute atomic E-state index is 5.64. The van der Waals surface area contributed by atoms with Crippen LogP contribution in [0.4, 0.5) is 11.4 Å². The van der Waals surface area contributed by atoms with E-state index in [2.05, 4.69) is 5.43 Å². The minimum Gasteiger partial charge on any atom is -0.394 e. The number of nitrogens with two attached hydrogens (primary N) is 2. The van der Waals surface area contributed by atoms with Gasteiger partial charge >= 0.3 is 0 Å². The van der Waals surface area contributed by atoms with E-state index in [1.54, 1.807) is 0 Å². The van der Waals surface area contributed by atoms with Crippen LogP contribution in [-0.2, 0) is 0 Å². The number of benzene rings is 1. The molecule has 54 valence electrons. The van der Waals surface area contributed by atoms with Crippen LogP contribution < -0.4 is 16.6 Å². The number of quaternary nitrogens is 1. The van der Waals surface area contributed by atoms with Crippen molar-refractivity contribution in [2.75, 3.05) is 12.8 Å². The van der Waals surface area contributed by atoms with Crippen molar-refractivity contribution in [3.8, 4) is 0 Å². The molecule has 0 aliphatic carbocycles. The molecule has 0 aliphatic rings. The van der Waals surface area contributed by atoms with E-state index in [-0.39, 0.29) is 0 Å². The molecule has 1 rings (SSSR count). The Bertz CT molecular complexity index is 210. The molecule has 1 aromatic rings. The Balaban J connectivity index is 2.81. The first-order valence-corrected chi connectivity index (χ1v) is 3.19. The van der Waals surface area contributed by atoms with Gasteiger partial charge in [0.05, 0.1) is 5.69 Å². The lowest BCUT2D eigenvalue weighted by Crippen LogP contribution is -2.87. The van der Waals surface area contributed by atoms with Crippen LogP contribution in [0.25, 0.3) is 0 Å². The first kappa shape index (κ1) is 7.05. The molecule has 0 saturated heterocycles. The van der Waals surface area contributed by atoms with Gasteiger partial charge in [0.25, 0.3) is 0 Å². The van der Waals surface area contributed by atoms with E-state index in [1.807, 2.05) is 36.7 Å². The second-order valence-corrected chi connectivity index (χ2v) is 2.06. The van der Waals surface area contributed by atoms with Gasteiger partial charge in [-0.2, -0.15) is 5.43 Å². The standard InChI is InChI=1S/C7H11N3/c1-9-10-7-5-3-2-4-6(7)8/h2-5,9-10H,8H2,1H3/p+1. The smallest absolute Gasteiger partial charge is 0.171 e. The van der Waals surface area contributed by atoms with E-state index in [0.717, 1.165) is 11.4 Å². The highest BCUT2D eigenvalue weighted by atomic mass is 15.3. The lowest BCUT2D eigenvalue weighted by molar-refractivity contribution is -0.628. The van der Waals surface area contributed by atoms with Crippen LogP contribution in [0.3, 0.4) is 0 Å². The summed E-state index contributed by atoms with van der Waals surface area (Å²) in [6.07, 6.45) is 0. The van der Waals surface area contributed by atoms with Crippen LogP contribution in [0, 0.1) is 0 Å². The van der Waals surface area contributed by atoms with Crippen LogP contribution in [0.2, 0.25) is 0 Å². The summed E-state index contributed by atoms with van der Waals surface area (Å²) in [5.74, 6) is 0. The highest BCUT2D eigenvalue weighted by Crippen LogP contribution is 2.09. The fraction of sp³-hybridized carbons (Fsp3) is 0.143. The molecule has 0 fully saturated rings. The molecule has 10 heavy (non-hydrogen) atoms. The minimum absolute atomic E-state index is 0.803. The van der Waals surface area contributed by atoms with Crippen molar-refractivity contribution in [3.05, 3.63) is 24.3 Å². The Hall–Kier alpha value is -1.06. The van der Waals surface area contributed by atoms with Crippen LogP contribution in [0.1, 0.15) is 0 Å². The SMILES string of the molecule is CN[NH2+]c1ccccc1N. The first-order valence-electron chi connectivity index (χ1n) is 3.19. The van der Waals surface area contributed by atoms with Crippen molar-refractivity contribution in [2.45, 2.75) is 0 Å². The van der Waals surface area contributed by atoms with Gasteiger partial charge in [-0.1, -0.05) is 12.1 Å². The number of hydrogen-bond donors (Lipinski definition) is 3. The summed E-state index contributed by atoms with van der Waals surface area (Å²) in [6, 6.07) is 7.72. The molecule has 5 N–H and O–H groups in total. The Morgan fingerprint density at radius 2 is 2.10 bits per heavy atom. The lowest BCUT2D eigenvalue weighted by Gasteiger charge is -1.99. The summed E-state index contributed by atoms with van der Waals surface area (Å²) in [6.45, 7) is 0. The third-order valence-electron chi connectivity index (χ3n) is 1.30. The summed E-state index contributed by atoms with van der Waals surface area (Å²) in [4.78, 5) is 0. The predicted molar refractivity (Wildman–Crippen MR) is 41.5 cm³/mol. The molecule has 3 nitrogen and oxygen atoms in total. The van der Waals surface area contributed by atoms with E-state index in [9.17, 15) is 0 Å². The summed E-state index contributed by atoms with van der Waals surface area (Å²) >= 11 is 0. The number of para-hydroxylation sites is 2. The average Bonchev–Trinajstić information content (AvgIpc) is 1.94. The van der Waals surface area contributed by atoms with Crippen LogP contribution in [-0.4, -0.2) is 7.05 Å². The molecular formula is C7H12N3+. The monoisotopic (exact) mass is 138 g/mol. The molecule has 0 heterocycles. The molecule has 1 aromatic carbocycles. The molecule has 0 saturated carbocycles. The number of nitrogens with one attached hydrogen (secondary N) is 1. The summed E-state index contributed by atoms with van der Waals surface area (Å²) in [5, 5.41) is 0. The van der Waals surface area contributed by atoms with Crippen LogP contribution in [0.15, 0.2) is 24.3 Å². The average molecular weight is 138 g/mol. The summed E-state index contributed by atoms with van der Waals surface area (Å²) in [5.41, 5.74) is 12.3. The number of rotatable bonds is 2. The van der Waals surface area contributed by atoms with E-state index < -0.39 is 0 Å². The van der Waals surface area contributed by atoms with Crippen LogP contribution >= 0.6 is 0 Å². The van der Waals surface area contributed by atoms with Gasteiger partial charge in [-0.05, 0) is 6.07 Å². The van der Waals surface area contributed by atoms with Gasteiger partial charge in [0.2, 0.25) is 0 Å². The Labute approximate surface area is 60.2 Å². The van der Waals surface area contributed by atoms with Gasteiger partial charge in [0.1, 0.15) is 0 Å². The maximum atomic E-state index is 5.64. The van der Waals surface area contributed by atoms with Gasteiger partial charge in [0.15, 0.2) is 5.69 Å². The van der Waals surface area contributed by atoms with Gasteiger partial charge in [-0.25, -0.2) is 5.43 Å².